The molecule has 0 N–H and O–H groups in total. The number of allylic oxidation sites excluding steroid dienone is 5. The summed E-state index contributed by atoms with van der Waals surface area (Å²) in [7, 11) is 0. The number of benzene rings is 4. The van der Waals surface area contributed by atoms with Crippen molar-refractivity contribution in [3.8, 4) is 5.75 Å². The van der Waals surface area contributed by atoms with Gasteiger partial charge in [-0.1, -0.05) is 108 Å². The summed E-state index contributed by atoms with van der Waals surface area (Å²) < 4.78 is 7.35. The molecule has 5 rings (SSSR count). The van der Waals surface area contributed by atoms with E-state index in [9.17, 15) is 0 Å². The third kappa shape index (κ3) is 4.13. The Morgan fingerprint density at radius 3 is 2.11 bits per heavy atom. The molecule has 1 heteroatoms. The zero-order chi connectivity index (χ0) is 27.0. The van der Waals surface area contributed by atoms with E-state index in [-0.39, 0.29) is 0 Å². The monoisotopic (exact) mass is 496 g/mol. The lowest BCUT2D eigenvalue weighted by atomic mass is 9.76. The van der Waals surface area contributed by atoms with Crippen LogP contribution in [0.3, 0.4) is 0 Å². The van der Waals surface area contributed by atoms with Crippen LogP contribution in [0, 0.1) is 20.8 Å². The Morgan fingerprint density at radius 1 is 0.789 bits per heavy atom. The first-order chi connectivity index (χ1) is 18.3. The highest BCUT2D eigenvalue weighted by Gasteiger charge is 2.42. The van der Waals surface area contributed by atoms with Gasteiger partial charge in [-0.15, -0.1) is 0 Å². The second kappa shape index (κ2) is 9.99. The molecule has 1 aliphatic heterocycles. The lowest BCUT2D eigenvalue weighted by Crippen LogP contribution is -2.38. The second-order valence-electron chi connectivity index (χ2n) is 10.6. The van der Waals surface area contributed by atoms with E-state index in [2.05, 4.69) is 133 Å². The van der Waals surface area contributed by atoms with Crippen molar-refractivity contribution in [3.63, 3.8) is 0 Å². The van der Waals surface area contributed by atoms with Gasteiger partial charge in [-0.05, 0) is 81.3 Å². The van der Waals surface area contributed by atoms with Crippen molar-refractivity contribution < 1.29 is 4.74 Å². The van der Waals surface area contributed by atoms with Crippen LogP contribution in [0.5, 0.6) is 5.75 Å². The topological polar surface area (TPSA) is 9.23 Å². The molecule has 38 heavy (non-hydrogen) atoms. The fraction of sp³-hybridized carbons (Fsp3) is 0.189. The van der Waals surface area contributed by atoms with E-state index in [4.69, 9.17) is 4.74 Å². The van der Waals surface area contributed by atoms with Crippen molar-refractivity contribution in [2.24, 2.45) is 0 Å². The summed E-state index contributed by atoms with van der Waals surface area (Å²) in [6.45, 7) is 17.0. The smallest absolute Gasteiger partial charge is 0.180 e. The van der Waals surface area contributed by atoms with Gasteiger partial charge in [0.1, 0.15) is 5.75 Å². The Hall–Kier alpha value is -4.10. The van der Waals surface area contributed by atoms with Crippen molar-refractivity contribution in [2.45, 2.75) is 47.1 Å². The van der Waals surface area contributed by atoms with E-state index in [1.807, 2.05) is 12.2 Å². The molecule has 0 aromatic heterocycles. The van der Waals surface area contributed by atoms with Crippen LogP contribution in [0.2, 0.25) is 0 Å². The first-order valence-corrected chi connectivity index (χ1v) is 13.3. The van der Waals surface area contributed by atoms with Crippen molar-refractivity contribution >= 4 is 22.4 Å². The molecule has 1 nitrogen and oxygen atoms in total. The van der Waals surface area contributed by atoms with E-state index in [0.29, 0.717) is 0 Å². The number of ether oxygens (including phenoxy) is 1. The van der Waals surface area contributed by atoms with Crippen LogP contribution in [0.25, 0.3) is 22.4 Å². The molecule has 1 unspecified atom stereocenters. The fourth-order valence-electron chi connectivity index (χ4n) is 5.76. The maximum absolute atomic E-state index is 7.35. The minimum absolute atomic E-state index is 0.714. The molecule has 4 aromatic carbocycles. The average molecular weight is 497 g/mol. The minimum atomic E-state index is -0.714. The van der Waals surface area contributed by atoms with Gasteiger partial charge in [0.15, 0.2) is 5.60 Å². The normalized spacial score (nSPS) is 16.6. The average Bonchev–Trinajstić information content (AvgIpc) is 2.91. The van der Waals surface area contributed by atoms with Gasteiger partial charge in [-0.2, -0.15) is 0 Å². The summed E-state index contributed by atoms with van der Waals surface area (Å²) >= 11 is 0. The van der Waals surface area contributed by atoms with E-state index in [0.717, 1.165) is 27.8 Å². The lowest BCUT2D eigenvalue weighted by molar-refractivity contribution is 0.149. The van der Waals surface area contributed by atoms with E-state index in [1.165, 1.54) is 44.4 Å². The number of aryl methyl sites for hydroxylation is 2. The molecule has 0 spiro atoms. The molecule has 1 heterocycles. The van der Waals surface area contributed by atoms with Gasteiger partial charge in [-0.25, -0.2) is 0 Å². The quantitative estimate of drug-likeness (QED) is 0.250. The summed E-state index contributed by atoms with van der Waals surface area (Å²) in [5.74, 6) is 0.945. The summed E-state index contributed by atoms with van der Waals surface area (Å²) in [4.78, 5) is 0. The molecule has 0 fully saturated rings. The predicted octanol–water partition coefficient (Wildman–Crippen LogP) is 10.0. The molecular weight excluding hydrogens is 460 g/mol. The molecule has 0 aliphatic carbocycles. The highest BCUT2D eigenvalue weighted by atomic mass is 16.5. The number of fused-ring (bicyclic) bond motifs is 3. The van der Waals surface area contributed by atoms with Gasteiger partial charge in [0.05, 0.1) is 0 Å². The Kier molecular flexibility index (Phi) is 6.71. The number of rotatable bonds is 5. The highest BCUT2D eigenvalue weighted by molar-refractivity contribution is 6.04. The standard InChI is InChI=1S/C37H36O/c1-8-9-15-31(24(2)3)35-28(7)33-23-27(6)37(29-13-11-10-12-14-29,30-19-16-25(4)17-20-30)38-36(33)34-22-26(5)18-21-32(34)35/h8-23H,1H2,2-7H3/b15-9-. The SMILES string of the molecule is C=C/C=C\C(=C(C)C)c1c(C)c2c(c3cc(C)ccc13)OC(c1ccccc1)(c1ccc(C)cc1)C(C)=C2. The van der Waals surface area contributed by atoms with Crippen LogP contribution >= 0.6 is 0 Å². The third-order valence-corrected chi connectivity index (χ3v) is 7.73. The third-order valence-electron chi connectivity index (χ3n) is 7.73. The van der Waals surface area contributed by atoms with Gasteiger partial charge in [0, 0.05) is 22.1 Å². The maximum Gasteiger partial charge on any atom is 0.180 e. The molecule has 0 amide bonds. The molecule has 0 radical (unpaired) electrons. The van der Waals surface area contributed by atoms with Crippen molar-refractivity contribution in [1.29, 1.82) is 0 Å². The first-order valence-electron chi connectivity index (χ1n) is 13.3. The molecule has 0 bridgehead atoms. The Bertz CT molecular complexity index is 1620. The molecule has 1 aliphatic rings. The van der Waals surface area contributed by atoms with E-state index < -0.39 is 5.60 Å². The molecule has 1 atom stereocenters. The van der Waals surface area contributed by atoms with Crippen LogP contribution in [-0.4, -0.2) is 0 Å². The van der Waals surface area contributed by atoms with Crippen LogP contribution in [-0.2, 0) is 5.60 Å². The van der Waals surface area contributed by atoms with Crippen molar-refractivity contribution in [2.75, 3.05) is 0 Å². The zero-order valence-corrected chi connectivity index (χ0v) is 23.4. The lowest BCUT2D eigenvalue weighted by Gasteiger charge is -2.41. The molecule has 190 valence electrons. The second-order valence-corrected chi connectivity index (χ2v) is 10.6. The van der Waals surface area contributed by atoms with Gasteiger partial charge >= 0.3 is 0 Å². The molecule has 0 saturated carbocycles. The van der Waals surface area contributed by atoms with Crippen molar-refractivity contribution in [3.05, 3.63) is 148 Å². The number of hydrogen-bond donors (Lipinski definition) is 0. The van der Waals surface area contributed by atoms with Gasteiger partial charge < -0.3 is 4.74 Å². The summed E-state index contributed by atoms with van der Waals surface area (Å²) in [5.41, 5.74) is 11.3. The van der Waals surface area contributed by atoms with Gasteiger partial charge in [0.25, 0.3) is 0 Å². The molecular formula is C37H36O. The Balaban J connectivity index is 1.89. The minimum Gasteiger partial charge on any atom is -0.472 e. The predicted molar refractivity (Wildman–Crippen MR) is 164 cm³/mol. The highest BCUT2D eigenvalue weighted by Crippen LogP contribution is 2.51. The Morgan fingerprint density at radius 2 is 1.45 bits per heavy atom. The van der Waals surface area contributed by atoms with E-state index in [1.54, 1.807) is 0 Å². The van der Waals surface area contributed by atoms with Crippen molar-refractivity contribution in [1.82, 2.24) is 0 Å². The molecule has 0 saturated heterocycles. The van der Waals surface area contributed by atoms with Crippen LogP contribution in [0.1, 0.15) is 59.7 Å². The molecule has 4 aromatic rings. The van der Waals surface area contributed by atoms with Crippen LogP contribution in [0.4, 0.5) is 0 Å². The summed E-state index contributed by atoms with van der Waals surface area (Å²) in [5, 5.41) is 2.35. The fourth-order valence-corrected chi connectivity index (χ4v) is 5.76. The maximum atomic E-state index is 7.35. The largest absolute Gasteiger partial charge is 0.472 e. The van der Waals surface area contributed by atoms with Gasteiger partial charge in [0.2, 0.25) is 0 Å². The zero-order valence-electron chi connectivity index (χ0n) is 23.4. The van der Waals surface area contributed by atoms with Gasteiger partial charge in [-0.3, -0.25) is 0 Å². The number of hydrogen-bond acceptors (Lipinski definition) is 1. The van der Waals surface area contributed by atoms with E-state index >= 15 is 0 Å². The Labute approximate surface area is 227 Å². The van der Waals surface area contributed by atoms with Crippen LogP contribution < -0.4 is 4.74 Å². The summed E-state index contributed by atoms with van der Waals surface area (Å²) in [6, 6.07) is 26.1. The first kappa shape index (κ1) is 25.5. The van der Waals surface area contributed by atoms with Crippen LogP contribution in [0.15, 0.2) is 109 Å². The summed E-state index contributed by atoms with van der Waals surface area (Å²) in [6.07, 6.45) is 8.39.